The Labute approximate surface area is 125 Å². The van der Waals surface area contributed by atoms with Crippen LogP contribution in [0.5, 0.6) is 0 Å². The predicted octanol–water partition coefficient (Wildman–Crippen LogP) is 2.40. The van der Waals surface area contributed by atoms with Crippen LogP contribution in [-0.4, -0.2) is 29.7 Å². The third kappa shape index (κ3) is 1.39. The molecule has 1 saturated carbocycles. The third-order valence-corrected chi connectivity index (χ3v) is 5.89. The van der Waals surface area contributed by atoms with Crippen LogP contribution in [-0.2, 0) is 9.53 Å². The quantitative estimate of drug-likeness (QED) is 0.845. The molecule has 3 aliphatic carbocycles. The Bertz CT molecular complexity index is 605. The van der Waals surface area contributed by atoms with Crippen molar-refractivity contribution >= 4 is 21.7 Å². The van der Waals surface area contributed by atoms with E-state index in [-0.39, 0.29) is 24.2 Å². The standard InChI is InChI=1S/C16H15BrO3/c17-13-7-15(8-18)11(10-4-2-1-3-5-10)6-12(13)16(9-20-16)14(15)19/h1-5,7,11-12,18H,6,8-9H2/t11?,12?,15-,16-/m1/s1. The second kappa shape index (κ2) is 4.03. The summed E-state index contributed by atoms with van der Waals surface area (Å²) in [6.07, 6.45) is 2.77. The van der Waals surface area contributed by atoms with Crippen molar-refractivity contribution in [3.05, 3.63) is 46.5 Å². The summed E-state index contributed by atoms with van der Waals surface area (Å²) < 4.78 is 6.54. The Morgan fingerprint density at radius 2 is 2.00 bits per heavy atom. The molecule has 1 saturated heterocycles. The number of halogens is 1. The largest absolute Gasteiger partial charge is 0.395 e. The van der Waals surface area contributed by atoms with Gasteiger partial charge in [0.05, 0.1) is 18.6 Å². The molecule has 1 aromatic carbocycles. The first-order valence-electron chi connectivity index (χ1n) is 6.87. The van der Waals surface area contributed by atoms with Crippen molar-refractivity contribution in [3.8, 4) is 0 Å². The molecule has 1 heterocycles. The second-order valence-electron chi connectivity index (χ2n) is 5.99. The van der Waals surface area contributed by atoms with Crippen LogP contribution < -0.4 is 0 Å². The van der Waals surface area contributed by atoms with Crippen molar-refractivity contribution in [2.24, 2.45) is 11.3 Å². The van der Waals surface area contributed by atoms with Gasteiger partial charge in [0.25, 0.3) is 0 Å². The molecule has 0 radical (unpaired) electrons. The monoisotopic (exact) mass is 334 g/mol. The molecule has 4 atom stereocenters. The van der Waals surface area contributed by atoms with E-state index in [0.717, 1.165) is 16.5 Å². The molecule has 20 heavy (non-hydrogen) atoms. The van der Waals surface area contributed by atoms with Crippen LogP contribution in [0.2, 0.25) is 0 Å². The van der Waals surface area contributed by atoms with Gasteiger partial charge in [-0.05, 0) is 16.5 Å². The molecule has 4 aliphatic rings. The maximum Gasteiger partial charge on any atom is 0.180 e. The third-order valence-electron chi connectivity index (χ3n) is 5.11. The molecule has 1 N–H and O–H groups in total. The highest BCUT2D eigenvalue weighted by atomic mass is 79.9. The smallest absolute Gasteiger partial charge is 0.180 e. The van der Waals surface area contributed by atoms with Crippen molar-refractivity contribution in [1.82, 2.24) is 0 Å². The summed E-state index contributed by atoms with van der Waals surface area (Å²) in [6.45, 7) is 0.320. The summed E-state index contributed by atoms with van der Waals surface area (Å²) in [4.78, 5) is 12.9. The fourth-order valence-corrected chi connectivity index (χ4v) is 4.92. The number of aliphatic hydroxyl groups excluding tert-OH is 1. The number of carbonyl (C=O) groups is 1. The Kier molecular flexibility index (Phi) is 2.57. The lowest BCUT2D eigenvalue weighted by Crippen LogP contribution is -2.58. The molecule has 5 rings (SSSR count). The summed E-state index contributed by atoms with van der Waals surface area (Å²) in [6, 6.07) is 10.0. The van der Waals surface area contributed by atoms with Crippen LogP contribution in [0.4, 0.5) is 0 Å². The van der Waals surface area contributed by atoms with E-state index in [9.17, 15) is 9.90 Å². The van der Waals surface area contributed by atoms with Crippen molar-refractivity contribution in [3.63, 3.8) is 0 Å². The average Bonchev–Trinajstić information content (AvgIpc) is 3.26. The van der Waals surface area contributed by atoms with E-state index in [1.54, 1.807) is 0 Å². The van der Waals surface area contributed by atoms with Crippen LogP contribution in [0, 0.1) is 11.3 Å². The van der Waals surface area contributed by atoms with Gasteiger partial charge in [0.1, 0.15) is 0 Å². The summed E-state index contributed by atoms with van der Waals surface area (Å²) in [5, 5.41) is 10.0. The number of hydrogen-bond acceptors (Lipinski definition) is 3. The molecule has 2 unspecified atom stereocenters. The fourth-order valence-electron chi connectivity index (χ4n) is 3.95. The fraction of sp³-hybridized carbons (Fsp3) is 0.438. The van der Waals surface area contributed by atoms with Crippen molar-refractivity contribution in [2.45, 2.75) is 17.9 Å². The Hall–Kier alpha value is -0.970. The normalized spacial score (nSPS) is 41.9. The summed E-state index contributed by atoms with van der Waals surface area (Å²) >= 11 is 3.58. The van der Waals surface area contributed by atoms with Crippen LogP contribution in [0.1, 0.15) is 17.9 Å². The number of aliphatic hydroxyl groups is 1. The van der Waals surface area contributed by atoms with Crippen LogP contribution in [0.15, 0.2) is 40.9 Å². The van der Waals surface area contributed by atoms with Gasteiger partial charge in [0, 0.05) is 11.8 Å². The Morgan fingerprint density at radius 1 is 1.30 bits per heavy atom. The molecular weight excluding hydrogens is 320 g/mol. The zero-order chi connectivity index (χ0) is 14.0. The first-order valence-corrected chi connectivity index (χ1v) is 7.66. The number of benzene rings is 1. The van der Waals surface area contributed by atoms with Crippen LogP contribution in [0.25, 0.3) is 0 Å². The van der Waals surface area contributed by atoms with E-state index in [1.807, 2.05) is 36.4 Å². The predicted molar refractivity (Wildman–Crippen MR) is 77.5 cm³/mol. The van der Waals surface area contributed by atoms with E-state index in [2.05, 4.69) is 15.9 Å². The van der Waals surface area contributed by atoms with Gasteiger partial charge in [0.15, 0.2) is 11.4 Å². The number of hydrogen-bond donors (Lipinski definition) is 1. The highest BCUT2D eigenvalue weighted by molar-refractivity contribution is 9.11. The lowest BCUT2D eigenvalue weighted by Gasteiger charge is -2.50. The van der Waals surface area contributed by atoms with Gasteiger partial charge in [0.2, 0.25) is 0 Å². The Balaban J connectivity index is 1.87. The minimum Gasteiger partial charge on any atom is -0.395 e. The SMILES string of the molecule is O=C1[C@@]2(CO)C=C(Br)C(CC2c2ccccc2)[C@]12CO2. The molecular formula is C16H15BrO3. The van der Waals surface area contributed by atoms with E-state index in [1.165, 1.54) is 0 Å². The number of ether oxygens (including phenoxy) is 1. The molecule has 2 fully saturated rings. The minimum absolute atomic E-state index is 0.0299. The molecule has 1 spiro atoms. The van der Waals surface area contributed by atoms with Crippen molar-refractivity contribution in [2.75, 3.05) is 13.2 Å². The number of fused-ring (bicyclic) bond motifs is 1. The van der Waals surface area contributed by atoms with Crippen LogP contribution >= 0.6 is 15.9 Å². The van der Waals surface area contributed by atoms with Gasteiger partial charge in [-0.1, -0.05) is 52.3 Å². The number of epoxide rings is 1. The van der Waals surface area contributed by atoms with Gasteiger partial charge in [-0.3, -0.25) is 4.79 Å². The second-order valence-corrected chi connectivity index (χ2v) is 6.90. The number of ketones is 1. The average molecular weight is 335 g/mol. The maximum atomic E-state index is 12.9. The molecule has 1 aromatic rings. The minimum atomic E-state index is -0.842. The van der Waals surface area contributed by atoms with Crippen molar-refractivity contribution in [1.29, 1.82) is 0 Å². The lowest BCUT2D eigenvalue weighted by molar-refractivity contribution is -0.142. The van der Waals surface area contributed by atoms with Gasteiger partial charge in [-0.15, -0.1) is 0 Å². The van der Waals surface area contributed by atoms with E-state index in [4.69, 9.17) is 4.74 Å². The van der Waals surface area contributed by atoms with Crippen molar-refractivity contribution < 1.29 is 14.6 Å². The van der Waals surface area contributed by atoms with Gasteiger partial charge in [-0.2, -0.15) is 0 Å². The molecule has 104 valence electrons. The Morgan fingerprint density at radius 3 is 2.60 bits per heavy atom. The number of rotatable bonds is 2. The lowest BCUT2D eigenvalue weighted by atomic mass is 9.53. The first kappa shape index (κ1) is 12.7. The molecule has 3 nitrogen and oxygen atoms in total. The van der Waals surface area contributed by atoms with E-state index in [0.29, 0.717) is 6.61 Å². The van der Waals surface area contributed by atoms with Crippen LogP contribution in [0.3, 0.4) is 0 Å². The van der Waals surface area contributed by atoms with E-state index < -0.39 is 11.0 Å². The highest BCUT2D eigenvalue weighted by Gasteiger charge is 2.71. The summed E-state index contributed by atoms with van der Waals surface area (Å²) in [5.41, 5.74) is -0.390. The van der Waals surface area contributed by atoms with E-state index >= 15 is 0 Å². The molecule has 0 aromatic heterocycles. The number of Topliss-reactive ketones (excluding diaryl/α,β-unsaturated/α-hetero) is 1. The zero-order valence-corrected chi connectivity index (χ0v) is 12.5. The molecule has 2 bridgehead atoms. The first-order chi connectivity index (χ1) is 9.64. The van der Waals surface area contributed by atoms with Gasteiger partial charge >= 0.3 is 0 Å². The maximum absolute atomic E-state index is 12.9. The highest BCUT2D eigenvalue weighted by Crippen LogP contribution is 2.63. The van der Waals surface area contributed by atoms with Gasteiger partial charge in [-0.25, -0.2) is 0 Å². The van der Waals surface area contributed by atoms with Gasteiger partial charge < -0.3 is 9.84 Å². The molecule has 0 amide bonds. The molecule has 4 heteroatoms. The topological polar surface area (TPSA) is 49.8 Å². The summed E-state index contributed by atoms with van der Waals surface area (Å²) in [7, 11) is 0. The zero-order valence-electron chi connectivity index (χ0n) is 10.9. The number of carbonyl (C=O) groups excluding carboxylic acids is 1. The summed E-state index contributed by atoms with van der Waals surface area (Å²) in [5.74, 6) is 0.178. The molecule has 1 aliphatic heterocycles.